The van der Waals surface area contributed by atoms with Crippen LogP contribution in [-0.2, 0) is 4.79 Å². The fourth-order valence-corrected chi connectivity index (χ4v) is 4.31. The molecule has 5 nitrogen and oxygen atoms in total. The Bertz CT molecular complexity index is 1280. The van der Waals surface area contributed by atoms with Gasteiger partial charge >= 0.3 is 0 Å². The summed E-state index contributed by atoms with van der Waals surface area (Å²) in [5.74, 6) is 1.87. The van der Waals surface area contributed by atoms with E-state index in [0.717, 1.165) is 34.4 Å². The van der Waals surface area contributed by atoms with Crippen LogP contribution in [0.5, 0.6) is 0 Å². The first-order valence-electron chi connectivity index (χ1n) is 12.0. The zero-order valence-electron chi connectivity index (χ0n) is 20.4. The molecule has 4 aromatic rings. The van der Waals surface area contributed by atoms with E-state index in [2.05, 4.69) is 24.1 Å². The standard InChI is InChI=1S/C29H31ClN4O/c1-20(2)19-34(17-16-27(35)31-21(3)22-10-6-4-7-11-22)29-25-15-14-24(30)18-26(25)32-28(33-29)23-12-8-5-9-13-23/h4-15,18,20-21H,16-17,19H2,1-3H3,(H,31,35). The summed E-state index contributed by atoms with van der Waals surface area (Å²) >= 11 is 6.31. The van der Waals surface area contributed by atoms with E-state index in [-0.39, 0.29) is 11.9 Å². The first kappa shape index (κ1) is 24.7. The Morgan fingerprint density at radius 1 is 0.943 bits per heavy atom. The van der Waals surface area contributed by atoms with Crippen LogP contribution in [-0.4, -0.2) is 29.0 Å². The number of amides is 1. The third-order valence-electron chi connectivity index (χ3n) is 5.84. The second kappa shape index (κ2) is 11.3. The van der Waals surface area contributed by atoms with Crippen molar-refractivity contribution in [2.45, 2.75) is 33.2 Å². The summed E-state index contributed by atoms with van der Waals surface area (Å²) in [6.07, 6.45) is 0.365. The number of nitrogens with one attached hydrogen (secondary N) is 1. The molecule has 0 fully saturated rings. The van der Waals surface area contributed by atoms with Gasteiger partial charge in [0, 0.05) is 35.5 Å². The molecule has 0 radical (unpaired) electrons. The number of rotatable bonds is 9. The molecule has 0 spiro atoms. The van der Waals surface area contributed by atoms with E-state index in [9.17, 15) is 4.79 Å². The van der Waals surface area contributed by atoms with Crippen LogP contribution < -0.4 is 10.2 Å². The van der Waals surface area contributed by atoms with Gasteiger partial charge in [-0.1, -0.05) is 86.1 Å². The Hall–Kier alpha value is -3.44. The van der Waals surface area contributed by atoms with Gasteiger partial charge < -0.3 is 10.2 Å². The van der Waals surface area contributed by atoms with E-state index < -0.39 is 0 Å². The molecular formula is C29H31ClN4O. The molecule has 1 heterocycles. The number of anilines is 1. The van der Waals surface area contributed by atoms with Crippen LogP contribution in [0.25, 0.3) is 22.3 Å². The zero-order valence-corrected chi connectivity index (χ0v) is 21.2. The molecule has 3 aromatic carbocycles. The Morgan fingerprint density at radius 3 is 2.31 bits per heavy atom. The Kier molecular flexibility index (Phi) is 7.98. The summed E-state index contributed by atoms with van der Waals surface area (Å²) < 4.78 is 0. The molecule has 35 heavy (non-hydrogen) atoms. The molecule has 0 bridgehead atoms. The Labute approximate surface area is 212 Å². The van der Waals surface area contributed by atoms with Gasteiger partial charge in [0.25, 0.3) is 0 Å². The topological polar surface area (TPSA) is 58.1 Å². The largest absolute Gasteiger partial charge is 0.355 e. The van der Waals surface area contributed by atoms with Gasteiger partial charge in [-0.2, -0.15) is 0 Å². The molecule has 1 aromatic heterocycles. The van der Waals surface area contributed by atoms with E-state index in [1.54, 1.807) is 0 Å². The maximum absolute atomic E-state index is 12.9. The van der Waals surface area contributed by atoms with Crippen molar-refractivity contribution in [3.05, 3.63) is 89.4 Å². The van der Waals surface area contributed by atoms with Crippen molar-refractivity contribution in [1.29, 1.82) is 0 Å². The quantitative estimate of drug-likeness (QED) is 0.286. The lowest BCUT2D eigenvalue weighted by atomic mass is 10.1. The van der Waals surface area contributed by atoms with Crippen molar-refractivity contribution in [3.63, 3.8) is 0 Å². The monoisotopic (exact) mass is 486 g/mol. The minimum atomic E-state index is -0.0473. The molecule has 1 atom stereocenters. The summed E-state index contributed by atoms with van der Waals surface area (Å²) in [5.41, 5.74) is 2.82. The molecule has 4 rings (SSSR count). The number of benzene rings is 3. The van der Waals surface area contributed by atoms with E-state index in [1.165, 1.54) is 0 Å². The molecule has 6 heteroatoms. The van der Waals surface area contributed by atoms with Gasteiger partial charge in [0.1, 0.15) is 5.82 Å². The molecule has 0 saturated carbocycles. The highest BCUT2D eigenvalue weighted by molar-refractivity contribution is 6.31. The summed E-state index contributed by atoms with van der Waals surface area (Å²) in [6, 6.07) is 25.6. The third kappa shape index (κ3) is 6.37. The molecule has 0 aliphatic heterocycles. The third-order valence-corrected chi connectivity index (χ3v) is 6.08. The number of fused-ring (bicyclic) bond motifs is 1. The predicted octanol–water partition coefficient (Wildman–Crippen LogP) is 6.68. The van der Waals surface area contributed by atoms with Gasteiger partial charge in [0.2, 0.25) is 5.91 Å². The molecule has 1 amide bonds. The maximum atomic E-state index is 12.9. The fourth-order valence-electron chi connectivity index (χ4n) is 4.14. The van der Waals surface area contributed by atoms with Crippen molar-refractivity contribution in [3.8, 4) is 11.4 Å². The number of carbonyl (C=O) groups is 1. The second-order valence-corrected chi connectivity index (χ2v) is 9.62. The molecule has 0 aliphatic carbocycles. The highest BCUT2D eigenvalue weighted by atomic mass is 35.5. The maximum Gasteiger partial charge on any atom is 0.222 e. The van der Waals surface area contributed by atoms with Crippen LogP contribution in [0.15, 0.2) is 78.9 Å². The smallest absolute Gasteiger partial charge is 0.222 e. The lowest BCUT2D eigenvalue weighted by molar-refractivity contribution is -0.121. The molecule has 180 valence electrons. The van der Waals surface area contributed by atoms with E-state index >= 15 is 0 Å². The van der Waals surface area contributed by atoms with Crippen molar-refractivity contribution in [2.75, 3.05) is 18.0 Å². The van der Waals surface area contributed by atoms with Crippen LogP contribution in [0, 0.1) is 5.92 Å². The Morgan fingerprint density at radius 2 is 1.63 bits per heavy atom. The normalized spacial score (nSPS) is 12.0. The zero-order chi connectivity index (χ0) is 24.8. The van der Waals surface area contributed by atoms with Gasteiger partial charge in [-0.05, 0) is 36.6 Å². The molecule has 0 saturated heterocycles. The van der Waals surface area contributed by atoms with Crippen LogP contribution in [0.2, 0.25) is 5.02 Å². The van der Waals surface area contributed by atoms with Gasteiger partial charge in [-0.3, -0.25) is 4.79 Å². The number of aromatic nitrogens is 2. The summed E-state index contributed by atoms with van der Waals surface area (Å²) in [7, 11) is 0. The average Bonchev–Trinajstić information content (AvgIpc) is 2.86. The summed E-state index contributed by atoms with van der Waals surface area (Å²) in [5, 5.41) is 4.68. The lowest BCUT2D eigenvalue weighted by Gasteiger charge is -2.27. The van der Waals surface area contributed by atoms with Gasteiger partial charge in [-0.25, -0.2) is 9.97 Å². The number of hydrogen-bond acceptors (Lipinski definition) is 4. The number of halogens is 1. The molecular weight excluding hydrogens is 456 g/mol. The van der Waals surface area contributed by atoms with Gasteiger partial charge in [0.05, 0.1) is 11.6 Å². The van der Waals surface area contributed by atoms with Crippen molar-refractivity contribution >= 4 is 34.2 Å². The van der Waals surface area contributed by atoms with Gasteiger partial charge in [-0.15, -0.1) is 0 Å². The predicted molar refractivity (Wildman–Crippen MR) is 145 cm³/mol. The minimum absolute atomic E-state index is 0.0137. The van der Waals surface area contributed by atoms with Crippen LogP contribution >= 0.6 is 11.6 Å². The SMILES string of the molecule is CC(C)CN(CCC(=O)NC(C)c1ccccc1)c1nc(-c2ccccc2)nc2cc(Cl)ccc12. The average molecular weight is 487 g/mol. The van der Waals surface area contributed by atoms with Crippen LogP contribution in [0.3, 0.4) is 0 Å². The van der Waals surface area contributed by atoms with Crippen molar-refractivity contribution < 1.29 is 4.79 Å². The highest BCUT2D eigenvalue weighted by Crippen LogP contribution is 2.30. The van der Waals surface area contributed by atoms with E-state index in [1.807, 2.05) is 85.8 Å². The van der Waals surface area contributed by atoms with Gasteiger partial charge in [0.15, 0.2) is 5.82 Å². The Balaban J connectivity index is 1.62. The van der Waals surface area contributed by atoms with E-state index in [4.69, 9.17) is 21.6 Å². The highest BCUT2D eigenvalue weighted by Gasteiger charge is 2.19. The number of carbonyl (C=O) groups excluding carboxylic acids is 1. The number of nitrogens with zero attached hydrogens (tertiary/aromatic N) is 3. The lowest BCUT2D eigenvalue weighted by Crippen LogP contribution is -2.34. The van der Waals surface area contributed by atoms with Crippen LogP contribution in [0.4, 0.5) is 5.82 Å². The molecule has 1 unspecified atom stereocenters. The van der Waals surface area contributed by atoms with E-state index in [0.29, 0.717) is 29.7 Å². The fraction of sp³-hybridized carbons (Fsp3) is 0.276. The first-order chi connectivity index (χ1) is 16.9. The van der Waals surface area contributed by atoms with Crippen molar-refractivity contribution in [2.24, 2.45) is 5.92 Å². The number of hydrogen-bond donors (Lipinski definition) is 1. The minimum Gasteiger partial charge on any atom is -0.355 e. The van der Waals surface area contributed by atoms with Crippen LogP contribution in [0.1, 0.15) is 38.8 Å². The summed E-state index contributed by atoms with van der Waals surface area (Å²) in [4.78, 5) is 24.8. The van der Waals surface area contributed by atoms with Crippen molar-refractivity contribution in [1.82, 2.24) is 15.3 Å². The summed E-state index contributed by atoms with van der Waals surface area (Å²) in [6.45, 7) is 7.66. The molecule has 0 aliphatic rings. The first-order valence-corrected chi connectivity index (χ1v) is 12.4. The second-order valence-electron chi connectivity index (χ2n) is 9.19. The molecule has 1 N–H and O–H groups in total.